The summed E-state index contributed by atoms with van der Waals surface area (Å²) in [6.07, 6.45) is 2.06. The van der Waals surface area contributed by atoms with Crippen molar-refractivity contribution in [1.82, 2.24) is 0 Å². The van der Waals surface area contributed by atoms with Crippen LogP contribution in [0.2, 0.25) is 0 Å². The summed E-state index contributed by atoms with van der Waals surface area (Å²) in [5.74, 6) is 1.86. The first-order valence-electron chi connectivity index (χ1n) is 3.91. The first kappa shape index (κ1) is 12.9. The van der Waals surface area contributed by atoms with E-state index < -0.39 is 0 Å². The Labute approximate surface area is 113 Å². The molecular formula is C9H9Br3OS. The third-order valence-electron chi connectivity index (χ3n) is 1.50. The number of benzene rings is 1. The SMILES string of the molecule is CSCCOc1c(Br)cc(Br)cc1Br. The van der Waals surface area contributed by atoms with Crippen LogP contribution < -0.4 is 4.74 Å². The molecule has 1 rings (SSSR count). The average Bonchev–Trinajstić information content (AvgIpc) is 2.09. The van der Waals surface area contributed by atoms with E-state index in [2.05, 4.69) is 54.0 Å². The maximum absolute atomic E-state index is 5.63. The van der Waals surface area contributed by atoms with Crippen LogP contribution in [0.4, 0.5) is 0 Å². The number of hydrogen-bond donors (Lipinski definition) is 0. The van der Waals surface area contributed by atoms with Gasteiger partial charge < -0.3 is 4.74 Å². The Morgan fingerprint density at radius 1 is 1.21 bits per heavy atom. The largest absolute Gasteiger partial charge is 0.490 e. The molecule has 0 bridgehead atoms. The van der Waals surface area contributed by atoms with Gasteiger partial charge in [-0.3, -0.25) is 0 Å². The zero-order valence-electron chi connectivity index (χ0n) is 7.52. The van der Waals surface area contributed by atoms with E-state index in [9.17, 15) is 0 Å². The van der Waals surface area contributed by atoms with Crippen LogP contribution in [0, 0.1) is 0 Å². The van der Waals surface area contributed by atoms with E-state index in [1.807, 2.05) is 12.1 Å². The third-order valence-corrected chi connectivity index (χ3v) is 3.71. The van der Waals surface area contributed by atoms with Crippen LogP contribution in [0.5, 0.6) is 5.75 Å². The normalized spacial score (nSPS) is 10.3. The van der Waals surface area contributed by atoms with Crippen LogP contribution in [0.3, 0.4) is 0 Å². The maximum Gasteiger partial charge on any atom is 0.147 e. The Balaban J connectivity index is 2.75. The van der Waals surface area contributed by atoms with Gasteiger partial charge in [0, 0.05) is 10.2 Å². The van der Waals surface area contributed by atoms with Gasteiger partial charge in [-0.25, -0.2) is 0 Å². The zero-order chi connectivity index (χ0) is 10.6. The molecular weight excluding hydrogens is 396 g/mol. The van der Waals surface area contributed by atoms with E-state index in [1.165, 1.54) is 0 Å². The zero-order valence-corrected chi connectivity index (χ0v) is 13.1. The summed E-state index contributed by atoms with van der Waals surface area (Å²) in [5.41, 5.74) is 0. The lowest BCUT2D eigenvalue weighted by Gasteiger charge is -2.09. The summed E-state index contributed by atoms with van der Waals surface area (Å²) in [4.78, 5) is 0. The minimum absolute atomic E-state index is 0.722. The second-order valence-corrected chi connectivity index (χ2v) is 6.15. The summed E-state index contributed by atoms with van der Waals surface area (Å²) in [5, 5.41) is 0. The second-order valence-electron chi connectivity index (χ2n) is 2.54. The highest BCUT2D eigenvalue weighted by Gasteiger charge is 2.07. The molecule has 1 aromatic rings. The summed E-state index contributed by atoms with van der Waals surface area (Å²) in [7, 11) is 0. The molecule has 0 fully saturated rings. The van der Waals surface area contributed by atoms with Crippen LogP contribution in [0.1, 0.15) is 0 Å². The Morgan fingerprint density at radius 2 is 1.79 bits per heavy atom. The van der Waals surface area contributed by atoms with Crippen LogP contribution in [0.15, 0.2) is 25.6 Å². The molecule has 0 atom stereocenters. The lowest BCUT2D eigenvalue weighted by atomic mass is 10.3. The minimum atomic E-state index is 0.722. The molecule has 78 valence electrons. The van der Waals surface area contributed by atoms with Crippen molar-refractivity contribution in [2.24, 2.45) is 0 Å². The lowest BCUT2D eigenvalue weighted by Crippen LogP contribution is -2.00. The van der Waals surface area contributed by atoms with Crippen LogP contribution in [-0.2, 0) is 0 Å². The molecule has 0 radical (unpaired) electrons. The van der Waals surface area contributed by atoms with Gasteiger partial charge >= 0.3 is 0 Å². The molecule has 0 heterocycles. The quantitative estimate of drug-likeness (QED) is 0.672. The van der Waals surface area contributed by atoms with Crippen molar-refractivity contribution in [3.8, 4) is 5.75 Å². The standard InChI is InChI=1S/C9H9Br3OS/c1-14-3-2-13-9-7(11)4-6(10)5-8(9)12/h4-5H,2-3H2,1H3. The van der Waals surface area contributed by atoms with Crippen LogP contribution in [-0.4, -0.2) is 18.6 Å². The van der Waals surface area contributed by atoms with Gasteiger partial charge in [-0.05, 0) is 50.2 Å². The monoisotopic (exact) mass is 402 g/mol. The molecule has 0 spiro atoms. The molecule has 0 aliphatic heterocycles. The number of hydrogen-bond acceptors (Lipinski definition) is 2. The van der Waals surface area contributed by atoms with Crippen molar-refractivity contribution in [3.63, 3.8) is 0 Å². The van der Waals surface area contributed by atoms with Crippen molar-refractivity contribution >= 4 is 59.6 Å². The molecule has 0 aliphatic rings. The number of thioether (sulfide) groups is 1. The lowest BCUT2D eigenvalue weighted by molar-refractivity contribution is 0.339. The first-order valence-corrected chi connectivity index (χ1v) is 7.68. The molecule has 0 aliphatic carbocycles. The van der Waals surface area contributed by atoms with E-state index >= 15 is 0 Å². The molecule has 0 amide bonds. The molecule has 0 unspecified atom stereocenters. The van der Waals surface area contributed by atoms with Gasteiger partial charge in [0.05, 0.1) is 15.6 Å². The summed E-state index contributed by atoms with van der Waals surface area (Å²) in [6, 6.07) is 3.94. The van der Waals surface area contributed by atoms with E-state index in [1.54, 1.807) is 11.8 Å². The molecule has 0 saturated heterocycles. The van der Waals surface area contributed by atoms with Crippen molar-refractivity contribution in [2.45, 2.75) is 0 Å². The fraction of sp³-hybridized carbons (Fsp3) is 0.333. The fourth-order valence-electron chi connectivity index (χ4n) is 0.894. The second kappa shape index (κ2) is 6.40. The molecule has 1 nitrogen and oxygen atoms in total. The maximum atomic E-state index is 5.63. The summed E-state index contributed by atoms with van der Waals surface area (Å²) < 4.78 is 8.57. The average molecular weight is 405 g/mol. The van der Waals surface area contributed by atoms with Gasteiger partial charge in [0.2, 0.25) is 0 Å². The highest BCUT2D eigenvalue weighted by molar-refractivity contribution is 9.11. The predicted molar refractivity (Wildman–Crippen MR) is 73.4 cm³/mol. The predicted octanol–water partition coefficient (Wildman–Crippen LogP) is 4.72. The Bertz CT molecular complexity index is 294. The van der Waals surface area contributed by atoms with Crippen LogP contribution >= 0.6 is 59.6 Å². The number of ether oxygens (including phenoxy) is 1. The number of halogens is 3. The van der Waals surface area contributed by atoms with Gasteiger partial charge in [0.1, 0.15) is 5.75 Å². The summed E-state index contributed by atoms with van der Waals surface area (Å²) in [6.45, 7) is 0.722. The molecule has 1 aromatic carbocycles. The molecule has 14 heavy (non-hydrogen) atoms. The fourth-order valence-corrected chi connectivity index (χ4v) is 3.63. The van der Waals surface area contributed by atoms with Crippen LogP contribution in [0.25, 0.3) is 0 Å². The van der Waals surface area contributed by atoms with Crippen molar-refractivity contribution in [2.75, 3.05) is 18.6 Å². The topological polar surface area (TPSA) is 9.23 Å². The van der Waals surface area contributed by atoms with E-state index in [4.69, 9.17) is 4.74 Å². The van der Waals surface area contributed by atoms with Gasteiger partial charge in [-0.2, -0.15) is 11.8 Å². The summed E-state index contributed by atoms with van der Waals surface area (Å²) >= 11 is 12.1. The molecule has 0 N–H and O–H groups in total. The third kappa shape index (κ3) is 3.76. The first-order chi connectivity index (χ1) is 6.65. The van der Waals surface area contributed by atoms with Gasteiger partial charge in [0.15, 0.2) is 0 Å². The minimum Gasteiger partial charge on any atom is -0.490 e. The van der Waals surface area contributed by atoms with Crippen molar-refractivity contribution in [1.29, 1.82) is 0 Å². The van der Waals surface area contributed by atoms with Gasteiger partial charge in [0.25, 0.3) is 0 Å². The molecule has 0 aromatic heterocycles. The van der Waals surface area contributed by atoms with Crippen molar-refractivity contribution < 1.29 is 4.74 Å². The Hall–Kier alpha value is 0.810. The number of rotatable bonds is 4. The van der Waals surface area contributed by atoms with Gasteiger partial charge in [-0.15, -0.1) is 0 Å². The van der Waals surface area contributed by atoms with E-state index in [0.29, 0.717) is 0 Å². The highest BCUT2D eigenvalue weighted by Crippen LogP contribution is 2.36. The van der Waals surface area contributed by atoms with E-state index in [0.717, 1.165) is 31.5 Å². The van der Waals surface area contributed by atoms with Crippen molar-refractivity contribution in [3.05, 3.63) is 25.6 Å². The highest BCUT2D eigenvalue weighted by atomic mass is 79.9. The van der Waals surface area contributed by atoms with Gasteiger partial charge in [-0.1, -0.05) is 15.9 Å². The Morgan fingerprint density at radius 3 is 2.29 bits per heavy atom. The molecule has 0 saturated carbocycles. The smallest absolute Gasteiger partial charge is 0.147 e. The Kier molecular flexibility index (Phi) is 5.89. The van der Waals surface area contributed by atoms with E-state index in [-0.39, 0.29) is 0 Å². The molecule has 5 heteroatoms.